The van der Waals surface area contributed by atoms with E-state index in [1.807, 2.05) is 0 Å². The van der Waals surface area contributed by atoms with Gasteiger partial charge in [0, 0.05) is 17.8 Å². The molecule has 32 heavy (non-hydrogen) atoms. The number of hydrogen-bond acceptors (Lipinski definition) is 3. The van der Waals surface area contributed by atoms with Gasteiger partial charge in [-0.05, 0) is 37.1 Å². The summed E-state index contributed by atoms with van der Waals surface area (Å²) in [4.78, 5) is 4.17. The summed E-state index contributed by atoms with van der Waals surface area (Å²) in [5, 5.41) is 2.96. The van der Waals surface area contributed by atoms with Crippen molar-refractivity contribution in [1.29, 1.82) is 0 Å². The Hall–Kier alpha value is -3.62. The van der Waals surface area contributed by atoms with E-state index in [2.05, 4.69) is 10.3 Å². The molecule has 0 unspecified atom stereocenters. The fourth-order valence-corrected chi connectivity index (χ4v) is 3.63. The summed E-state index contributed by atoms with van der Waals surface area (Å²) in [6.45, 7) is 3.55. The largest absolute Gasteiger partial charge is 0.497 e. The van der Waals surface area contributed by atoms with Gasteiger partial charge >= 0.3 is 6.18 Å². The minimum absolute atomic E-state index is 0.0623. The average Bonchev–Trinajstić information content (AvgIpc) is 3.07. The van der Waals surface area contributed by atoms with Crippen LogP contribution in [0.1, 0.15) is 16.8 Å². The highest BCUT2D eigenvalue weighted by Crippen LogP contribution is 2.40. The van der Waals surface area contributed by atoms with Crippen LogP contribution < -0.4 is 10.1 Å². The van der Waals surface area contributed by atoms with Gasteiger partial charge in [-0.3, -0.25) is 4.40 Å². The molecular formula is C23H18F5N3O. The molecule has 2 aromatic carbocycles. The molecule has 4 rings (SSSR count). The molecule has 0 saturated heterocycles. The summed E-state index contributed by atoms with van der Waals surface area (Å²) < 4.78 is 77.0. The van der Waals surface area contributed by atoms with E-state index in [4.69, 9.17) is 4.74 Å². The number of anilines is 2. The zero-order valence-corrected chi connectivity index (χ0v) is 17.3. The lowest BCUT2D eigenvalue weighted by atomic mass is 10.1. The number of imidazole rings is 1. The summed E-state index contributed by atoms with van der Waals surface area (Å²) >= 11 is 0. The van der Waals surface area contributed by atoms with Crippen molar-refractivity contribution in [2.24, 2.45) is 0 Å². The van der Waals surface area contributed by atoms with E-state index in [9.17, 15) is 22.0 Å². The predicted molar refractivity (Wildman–Crippen MR) is 111 cm³/mol. The molecule has 0 atom stereocenters. The van der Waals surface area contributed by atoms with Gasteiger partial charge in [0.1, 0.15) is 40.2 Å². The van der Waals surface area contributed by atoms with Crippen molar-refractivity contribution in [3.05, 3.63) is 77.0 Å². The molecule has 0 amide bonds. The summed E-state index contributed by atoms with van der Waals surface area (Å²) in [7, 11) is 1.25. The first kappa shape index (κ1) is 21.6. The number of benzene rings is 2. The predicted octanol–water partition coefficient (Wildman–Crippen LogP) is 6.67. The van der Waals surface area contributed by atoms with Gasteiger partial charge in [0.25, 0.3) is 0 Å². The van der Waals surface area contributed by atoms with Gasteiger partial charge in [0.15, 0.2) is 0 Å². The van der Waals surface area contributed by atoms with Gasteiger partial charge in [-0.2, -0.15) is 13.2 Å². The molecule has 2 heterocycles. The molecule has 0 fully saturated rings. The Morgan fingerprint density at radius 3 is 2.09 bits per heavy atom. The van der Waals surface area contributed by atoms with E-state index in [1.54, 1.807) is 32.0 Å². The first-order valence-corrected chi connectivity index (χ1v) is 9.57. The number of para-hydroxylation sites is 1. The maximum atomic E-state index is 14.9. The molecule has 0 radical (unpaired) electrons. The van der Waals surface area contributed by atoms with Crippen molar-refractivity contribution in [1.82, 2.24) is 9.38 Å². The second-order valence-electron chi connectivity index (χ2n) is 7.27. The Labute approximate surface area is 180 Å². The normalized spacial score (nSPS) is 11.8. The van der Waals surface area contributed by atoms with Crippen LogP contribution in [0.3, 0.4) is 0 Å². The standard InChI is InChI=1S/C23H18F5N3O/c1-12-6-4-7-13(2)20(12)30-22-21(19-15(24)10-14(32-3)11-16(19)25)29-18-9-5-8-17(31(18)22)23(26,27)28/h4-11,30H,1-3H3. The van der Waals surface area contributed by atoms with E-state index < -0.39 is 29.1 Å². The molecule has 4 aromatic rings. The van der Waals surface area contributed by atoms with Gasteiger partial charge in [-0.1, -0.05) is 24.3 Å². The molecule has 166 valence electrons. The highest BCUT2D eigenvalue weighted by Gasteiger charge is 2.35. The SMILES string of the molecule is COc1cc(F)c(-c2nc3cccc(C(F)(F)F)n3c2Nc2c(C)cccc2C)c(F)c1. The van der Waals surface area contributed by atoms with Gasteiger partial charge in [0.2, 0.25) is 0 Å². The number of methoxy groups -OCH3 is 1. The molecule has 2 aromatic heterocycles. The van der Waals surface area contributed by atoms with Crippen LogP contribution in [0.25, 0.3) is 16.9 Å². The maximum absolute atomic E-state index is 14.9. The van der Waals surface area contributed by atoms with Crippen molar-refractivity contribution >= 4 is 17.2 Å². The number of nitrogens with zero attached hydrogens (tertiary/aromatic N) is 2. The van der Waals surface area contributed by atoms with Crippen LogP contribution in [-0.4, -0.2) is 16.5 Å². The first-order valence-electron chi connectivity index (χ1n) is 9.57. The third kappa shape index (κ3) is 3.63. The van der Waals surface area contributed by atoms with Crippen molar-refractivity contribution in [2.45, 2.75) is 20.0 Å². The Morgan fingerprint density at radius 1 is 0.938 bits per heavy atom. The summed E-state index contributed by atoms with van der Waals surface area (Å²) in [6.07, 6.45) is -4.73. The minimum atomic E-state index is -4.73. The highest BCUT2D eigenvalue weighted by atomic mass is 19.4. The van der Waals surface area contributed by atoms with Crippen LogP contribution in [0, 0.1) is 25.5 Å². The lowest BCUT2D eigenvalue weighted by Crippen LogP contribution is -2.13. The van der Waals surface area contributed by atoms with Gasteiger partial charge in [0.05, 0.1) is 12.7 Å². The number of hydrogen-bond donors (Lipinski definition) is 1. The fraction of sp³-hybridized carbons (Fsp3) is 0.174. The van der Waals surface area contributed by atoms with E-state index in [0.717, 1.165) is 33.7 Å². The van der Waals surface area contributed by atoms with Crippen LogP contribution in [-0.2, 0) is 6.18 Å². The minimum Gasteiger partial charge on any atom is -0.497 e. The smallest absolute Gasteiger partial charge is 0.431 e. The van der Waals surface area contributed by atoms with Crippen molar-refractivity contribution in [3.63, 3.8) is 0 Å². The molecule has 0 aliphatic heterocycles. The van der Waals surface area contributed by atoms with E-state index in [1.165, 1.54) is 19.2 Å². The number of alkyl halides is 3. The molecule has 0 spiro atoms. The third-order valence-corrected chi connectivity index (χ3v) is 5.15. The Morgan fingerprint density at radius 2 is 1.53 bits per heavy atom. The summed E-state index contributed by atoms with van der Waals surface area (Å²) in [5.74, 6) is -2.28. The summed E-state index contributed by atoms with van der Waals surface area (Å²) in [6, 6.07) is 10.7. The highest BCUT2D eigenvalue weighted by molar-refractivity contribution is 5.82. The lowest BCUT2D eigenvalue weighted by Gasteiger charge is -2.17. The average molecular weight is 447 g/mol. The Bertz CT molecular complexity index is 1280. The number of ether oxygens (including phenoxy) is 1. The Kier molecular flexibility index (Phi) is 5.28. The molecule has 0 bridgehead atoms. The molecule has 0 saturated carbocycles. The zero-order chi connectivity index (χ0) is 23.2. The monoisotopic (exact) mass is 447 g/mol. The molecule has 9 heteroatoms. The number of halogens is 5. The van der Waals surface area contributed by atoms with E-state index in [0.29, 0.717) is 5.69 Å². The molecule has 1 N–H and O–H groups in total. The first-order chi connectivity index (χ1) is 15.1. The second-order valence-corrected chi connectivity index (χ2v) is 7.27. The van der Waals surface area contributed by atoms with Gasteiger partial charge in [-0.15, -0.1) is 0 Å². The fourth-order valence-electron chi connectivity index (χ4n) is 3.63. The molecular weight excluding hydrogens is 429 g/mol. The summed E-state index contributed by atoms with van der Waals surface area (Å²) in [5.41, 5.74) is 0.00680. The Balaban J connectivity index is 2.08. The number of aryl methyl sites for hydroxylation is 2. The van der Waals surface area contributed by atoms with Crippen LogP contribution >= 0.6 is 0 Å². The van der Waals surface area contributed by atoms with Crippen LogP contribution in [0.4, 0.5) is 33.5 Å². The molecule has 0 aliphatic rings. The molecule has 4 nitrogen and oxygen atoms in total. The lowest BCUT2D eigenvalue weighted by molar-refractivity contribution is -0.141. The topological polar surface area (TPSA) is 38.6 Å². The zero-order valence-electron chi connectivity index (χ0n) is 17.3. The third-order valence-electron chi connectivity index (χ3n) is 5.15. The number of nitrogens with one attached hydrogen (secondary N) is 1. The van der Waals surface area contributed by atoms with Crippen LogP contribution in [0.5, 0.6) is 5.75 Å². The number of aromatic nitrogens is 2. The number of pyridine rings is 1. The van der Waals surface area contributed by atoms with Crippen molar-refractivity contribution < 1.29 is 26.7 Å². The van der Waals surface area contributed by atoms with Crippen molar-refractivity contribution in [3.8, 4) is 17.0 Å². The van der Waals surface area contributed by atoms with Crippen LogP contribution in [0.15, 0.2) is 48.5 Å². The second kappa shape index (κ2) is 7.81. The van der Waals surface area contributed by atoms with Crippen LogP contribution in [0.2, 0.25) is 0 Å². The molecule has 0 aliphatic carbocycles. The number of rotatable bonds is 4. The quantitative estimate of drug-likeness (QED) is 0.355. The van der Waals surface area contributed by atoms with Gasteiger partial charge in [-0.25, -0.2) is 13.8 Å². The van der Waals surface area contributed by atoms with Crippen molar-refractivity contribution in [2.75, 3.05) is 12.4 Å². The van der Waals surface area contributed by atoms with E-state index >= 15 is 0 Å². The van der Waals surface area contributed by atoms with E-state index in [-0.39, 0.29) is 22.9 Å². The van der Waals surface area contributed by atoms with Gasteiger partial charge < -0.3 is 10.1 Å². The number of fused-ring (bicyclic) bond motifs is 1. The maximum Gasteiger partial charge on any atom is 0.431 e.